The first kappa shape index (κ1) is 19.2. The van der Waals surface area contributed by atoms with Gasteiger partial charge in [-0.1, -0.05) is 51.5 Å². The minimum absolute atomic E-state index is 0.737. The molecule has 0 fully saturated rings. The highest BCUT2D eigenvalue weighted by Crippen LogP contribution is 2.30. The van der Waals surface area contributed by atoms with Gasteiger partial charge < -0.3 is 9.30 Å². The van der Waals surface area contributed by atoms with E-state index in [2.05, 4.69) is 54.8 Å². The van der Waals surface area contributed by atoms with Crippen molar-refractivity contribution in [2.75, 3.05) is 13.7 Å². The number of aromatic nitrogens is 1. The van der Waals surface area contributed by atoms with Gasteiger partial charge >= 0.3 is 0 Å². The number of hydrogen-bond acceptors (Lipinski definition) is 1. The van der Waals surface area contributed by atoms with E-state index in [9.17, 15) is 0 Å². The van der Waals surface area contributed by atoms with Gasteiger partial charge in [0.2, 0.25) is 0 Å². The first-order chi connectivity index (χ1) is 11.2. The van der Waals surface area contributed by atoms with Crippen LogP contribution in [0.1, 0.15) is 38.8 Å². The van der Waals surface area contributed by atoms with Crippen LogP contribution < -0.4 is 0 Å². The lowest BCUT2D eigenvalue weighted by Gasteiger charge is -2.07. The summed E-state index contributed by atoms with van der Waals surface area (Å²) in [6, 6.07) is 13.4. The quantitative estimate of drug-likeness (QED) is 0.569. The summed E-state index contributed by atoms with van der Waals surface area (Å²) in [4.78, 5) is 0. The van der Waals surface area contributed by atoms with Gasteiger partial charge in [-0.15, -0.1) is 0 Å². The number of nitrogens with zero attached hydrogens (tertiary/aromatic N) is 1. The van der Waals surface area contributed by atoms with Crippen LogP contribution in [0.25, 0.3) is 21.8 Å². The molecular formula is C21H31NO. The molecule has 1 aromatic heterocycles. The number of benzene rings is 2. The molecule has 0 aliphatic carbocycles. The number of fused-ring (bicyclic) bond motifs is 3. The summed E-state index contributed by atoms with van der Waals surface area (Å²) >= 11 is 0. The summed E-state index contributed by atoms with van der Waals surface area (Å²) in [5.41, 5.74) is 5.20. The zero-order valence-electron chi connectivity index (χ0n) is 15.7. The molecule has 126 valence electrons. The van der Waals surface area contributed by atoms with Crippen LogP contribution in [0.4, 0.5) is 0 Å². The Bertz CT molecular complexity index is 740. The Morgan fingerprint density at radius 1 is 0.783 bits per heavy atom. The first-order valence-corrected chi connectivity index (χ1v) is 8.69. The third kappa shape index (κ3) is 4.14. The summed E-state index contributed by atoms with van der Waals surface area (Å²) in [6.07, 6.45) is 0. The van der Waals surface area contributed by atoms with E-state index in [1.165, 1.54) is 32.9 Å². The highest BCUT2D eigenvalue weighted by atomic mass is 16.5. The molecule has 0 unspecified atom stereocenters. The average molecular weight is 313 g/mol. The Hall–Kier alpha value is -1.80. The number of aryl methyl sites for hydroxylation is 2. The normalized spacial score (nSPS) is 10.0. The summed E-state index contributed by atoms with van der Waals surface area (Å²) in [5, 5.41) is 2.67. The van der Waals surface area contributed by atoms with Gasteiger partial charge in [0.05, 0.1) is 6.61 Å². The van der Waals surface area contributed by atoms with E-state index in [4.69, 9.17) is 4.74 Å². The summed E-state index contributed by atoms with van der Waals surface area (Å²) in [6.45, 7) is 13.9. The second kappa shape index (κ2) is 9.36. The van der Waals surface area contributed by atoms with Crippen LogP contribution in [0.5, 0.6) is 0 Å². The van der Waals surface area contributed by atoms with Crippen molar-refractivity contribution >= 4 is 21.8 Å². The topological polar surface area (TPSA) is 14.2 Å². The molecule has 1 heterocycles. The highest BCUT2D eigenvalue weighted by molar-refractivity contribution is 6.08. The molecule has 23 heavy (non-hydrogen) atoms. The third-order valence-electron chi connectivity index (χ3n) is 3.70. The minimum atomic E-state index is 0.737. The van der Waals surface area contributed by atoms with E-state index < -0.39 is 0 Å². The fourth-order valence-corrected chi connectivity index (χ4v) is 2.75. The van der Waals surface area contributed by atoms with Gasteiger partial charge in [0.25, 0.3) is 0 Å². The molecule has 0 N–H and O–H groups in total. The number of hydrogen-bond donors (Lipinski definition) is 0. The number of methoxy groups -OCH3 is 1. The molecule has 3 aromatic rings. The van der Waals surface area contributed by atoms with Crippen molar-refractivity contribution in [1.82, 2.24) is 4.57 Å². The van der Waals surface area contributed by atoms with Crippen LogP contribution in [-0.2, 0) is 11.3 Å². The van der Waals surface area contributed by atoms with Crippen LogP contribution in [0.2, 0.25) is 0 Å². The summed E-state index contributed by atoms with van der Waals surface area (Å²) < 4.78 is 7.61. The van der Waals surface area contributed by atoms with Gasteiger partial charge in [-0.05, 0) is 37.6 Å². The first-order valence-electron chi connectivity index (χ1n) is 8.69. The average Bonchev–Trinajstić information content (AvgIpc) is 2.88. The molecule has 0 aliphatic rings. The van der Waals surface area contributed by atoms with Crippen molar-refractivity contribution in [3.05, 3.63) is 47.5 Å². The maximum Gasteiger partial charge on any atom is 0.0642 e. The van der Waals surface area contributed by atoms with Gasteiger partial charge in [-0.2, -0.15) is 0 Å². The van der Waals surface area contributed by atoms with Crippen LogP contribution in [0.15, 0.2) is 36.4 Å². The van der Waals surface area contributed by atoms with Gasteiger partial charge in [-0.3, -0.25) is 0 Å². The van der Waals surface area contributed by atoms with E-state index in [1.807, 2.05) is 27.7 Å². The Morgan fingerprint density at radius 2 is 1.39 bits per heavy atom. The predicted molar refractivity (Wildman–Crippen MR) is 103 cm³/mol. The lowest BCUT2D eigenvalue weighted by Crippen LogP contribution is -2.03. The van der Waals surface area contributed by atoms with Crippen LogP contribution in [0, 0.1) is 13.8 Å². The fraction of sp³-hybridized carbons (Fsp3) is 0.429. The standard InChI is InChI=1S/C17H19NO.2C2H6/c1-12-5-7-16-15(10-12)14-6-4-13(2)11-17(14)18(16)8-9-19-3;2*1-2/h4-7,10-11H,8-9H2,1-3H3;2*1-2H3. The molecular weight excluding hydrogens is 282 g/mol. The Labute approximate surface area is 141 Å². The largest absolute Gasteiger partial charge is 0.383 e. The zero-order valence-corrected chi connectivity index (χ0v) is 15.7. The lowest BCUT2D eigenvalue weighted by atomic mass is 10.1. The number of ether oxygens (including phenoxy) is 1. The van der Waals surface area contributed by atoms with Crippen LogP contribution >= 0.6 is 0 Å². The second-order valence-corrected chi connectivity index (χ2v) is 5.19. The van der Waals surface area contributed by atoms with Crippen LogP contribution in [-0.4, -0.2) is 18.3 Å². The fourth-order valence-electron chi connectivity index (χ4n) is 2.75. The van der Waals surface area contributed by atoms with E-state index in [0.29, 0.717) is 0 Å². The van der Waals surface area contributed by atoms with Gasteiger partial charge in [0.1, 0.15) is 0 Å². The van der Waals surface area contributed by atoms with E-state index in [0.717, 1.165) is 13.2 Å². The maximum absolute atomic E-state index is 5.25. The lowest BCUT2D eigenvalue weighted by molar-refractivity contribution is 0.189. The zero-order chi connectivity index (χ0) is 17.4. The molecule has 3 rings (SSSR count). The van der Waals surface area contributed by atoms with Crippen LogP contribution in [0.3, 0.4) is 0 Å². The van der Waals surface area contributed by atoms with Crippen molar-refractivity contribution in [3.8, 4) is 0 Å². The molecule has 0 saturated carbocycles. The molecule has 0 aliphatic heterocycles. The van der Waals surface area contributed by atoms with E-state index in [-0.39, 0.29) is 0 Å². The molecule has 0 amide bonds. The third-order valence-corrected chi connectivity index (χ3v) is 3.70. The molecule has 0 spiro atoms. The highest BCUT2D eigenvalue weighted by Gasteiger charge is 2.10. The molecule has 0 bridgehead atoms. The predicted octanol–water partition coefficient (Wildman–Crippen LogP) is 6.11. The van der Waals surface area contributed by atoms with E-state index >= 15 is 0 Å². The molecule has 2 heteroatoms. The maximum atomic E-state index is 5.25. The summed E-state index contributed by atoms with van der Waals surface area (Å²) in [5.74, 6) is 0. The van der Waals surface area contributed by atoms with Crippen molar-refractivity contribution in [2.24, 2.45) is 0 Å². The molecule has 2 aromatic carbocycles. The smallest absolute Gasteiger partial charge is 0.0642 e. The number of rotatable bonds is 3. The second-order valence-electron chi connectivity index (χ2n) is 5.19. The van der Waals surface area contributed by atoms with Crippen molar-refractivity contribution < 1.29 is 4.74 Å². The SMILES string of the molecule is CC.CC.COCCn1c2ccc(C)cc2c2ccc(C)cc21. The molecule has 0 radical (unpaired) electrons. The van der Waals surface area contributed by atoms with Crippen molar-refractivity contribution in [1.29, 1.82) is 0 Å². The van der Waals surface area contributed by atoms with Crippen molar-refractivity contribution in [3.63, 3.8) is 0 Å². The van der Waals surface area contributed by atoms with Gasteiger partial charge in [-0.25, -0.2) is 0 Å². The molecule has 0 atom stereocenters. The Balaban J connectivity index is 0.000000615. The monoisotopic (exact) mass is 313 g/mol. The van der Waals surface area contributed by atoms with Gasteiger partial charge in [0.15, 0.2) is 0 Å². The molecule has 0 saturated heterocycles. The Morgan fingerprint density at radius 3 is 2.04 bits per heavy atom. The van der Waals surface area contributed by atoms with E-state index in [1.54, 1.807) is 7.11 Å². The molecule has 2 nitrogen and oxygen atoms in total. The Kier molecular flexibility index (Phi) is 7.84. The van der Waals surface area contributed by atoms with Gasteiger partial charge in [0, 0.05) is 35.5 Å². The van der Waals surface area contributed by atoms with Crippen molar-refractivity contribution in [2.45, 2.75) is 48.1 Å². The summed E-state index contributed by atoms with van der Waals surface area (Å²) in [7, 11) is 1.75. The minimum Gasteiger partial charge on any atom is -0.383 e.